The van der Waals surface area contributed by atoms with Crippen molar-refractivity contribution in [1.29, 1.82) is 0 Å². The van der Waals surface area contributed by atoms with Crippen LogP contribution in [0.1, 0.15) is 45.0 Å². The van der Waals surface area contributed by atoms with Crippen LogP contribution in [0.15, 0.2) is 59.5 Å². The van der Waals surface area contributed by atoms with Crippen molar-refractivity contribution in [2.75, 3.05) is 13.7 Å². The zero-order valence-corrected chi connectivity index (χ0v) is 31.4. The van der Waals surface area contributed by atoms with Gasteiger partial charge in [0.15, 0.2) is 5.82 Å². The molecule has 272 valence electrons. The third-order valence-corrected chi connectivity index (χ3v) is 9.85. The standard InChI is InChI=1S/C37H37Cl3N6O6/c1-37(2,3)52-36(50)45(17-21-12-13-31(48)41-21)18-26-27(38)15-28(42-34(26)51-5)25-11-7-10-24(33(25)40)23-9-6-8-22(32(23)39)20-14-29-35(49)44(4)30(19-47)43-46(29)16-20/h6-11,14-16,21,47H,12-13,17-19H2,1-5H3,(H,41,48)/t21-/m0/s1. The molecule has 1 atom stereocenters. The maximum atomic E-state index is 13.3. The molecule has 2 amide bonds. The first-order valence-corrected chi connectivity index (χ1v) is 17.6. The van der Waals surface area contributed by atoms with Gasteiger partial charge in [0.05, 0.1) is 40.0 Å². The number of aliphatic hydroxyl groups excluding tert-OH is 1. The monoisotopic (exact) mass is 766 g/mol. The Bertz CT molecular complexity index is 2260. The molecule has 0 spiro atoms. The maximum absolute atomic E-state index is 13.3. The molecule has 0 bridgehead atoms. The molecule has 15 heteroatoms. The summed E-state index contributed by atoms with van der Waals surface area (Å²) in [6.45, 7) is 5.19. The highest BCUT2D eigenvalue weighted by Crippen LogP contribution is 2.43. The summed E-state index contributed by atoms with van der Waals surface area (Å²) in [7, 11) is 3.02. The smallest absolute Gasteiger partial charge is 0.410 e. The predicted molar refractivity (Wildman–Crippen MR) is 200 cm³/mol. The lowest BCUT2D eigenvalue weighted by Gasteiger charge is -2.29. The topological polar surface area (TPSA) is 140 Å². The highest BCUT2D eigenvalue weighted by atomic mass is 35.5. The quantitative estimate of drug-likeness (QED) is 0.165. The molecule has 1 saturated heterocycles. The predicted octanol–water partition coefficient (Wildman–Crippen LogP) is 6.91. The minimum atomic E-state index is -0.745. The number of hydrogen-bond donors (Lipinski definition) is 2. The van der Waals surface area contributed by atoms with Gasteiger partial charge in [-0.1, -0.05) is 71.2 Å². The number of fused-ring (bicyclic) bond motifs is 1. The van der Waals surface area contributed by atoms with Crippen LogP contribution < -0.4 is 15.6 Å². The second-order valence-electron chi connectivity index (χ2n) is 13.5. The van der Waals surface area contributed by atoms with E-state index in [1.165, 1.54) is 21.1 Å². The van der Waals surface area contributed by atoms with Crippen molar-refractivity contribution < 1.29 is 24.2 Å². The van der Waals surface area contributed by atoms with E-state index >= 15 is 0 Å². The number of aliphatic hydroxyl groups is 1. The van der Waals surface area contributed by atoms with Crippen molar-refractivity contribution in [2.24, 2.45) is 7.05 Å². The first-order chi connectivity index (χ1) is 24.7. The Balaban J connectivity index is 1.35. The molecule has 4 heterocycles. The number of pyridine rings is 1. The van der Waals surface area contributed by atoms with Crippen molar-refractivity contribution in [3.05, 3.63) is 91.5 Å². The van der Waals surface area contributed by atoms with Gasteiger partial charge in [-0.25, -0.2) is 14.3 Å². The summed E-state index contributed by atoms with van der Waals surface area (Å²) in [5.74, 6) is 0.349. The van der Waals surface area contributed by atoms with E-state index in [9.17, 15) is 19.5 Å². The third-order valence-electron chi connectivity index (χ3n) is 8.70. The van der Waals surface area contributed by atoms with E-state index in [2.05, 4.69) is 10.4 Å². The van der Waals surface area contributed by atoms with Gasteiger partial charge >= 0.3 is 6.09 Å². The first kappa shape index (κ1) is 37.1. The minimum absolute atomic E-state index is 0.0185. The maximum Gasteiger partial charge on any atom is 0.410 e. The van der Waals surface area contributed by atoms with Crippen molar-refractivity contribution >= 4 is 52.3 Å². The van der Waals surface area contributed by atoms with Crippen LogP contribution in [0.4, 0.5) is 4.79 Å². The lowest BCUT2D eigenvalue weighted by Crippen LogP contribution is -2.43. The van der Waals surface area contributed by atoms with E-state index in [1.807, 2.05) is 30.3 Å². The average molecular weight is 768 g/mol. The van der Waals surface area contributed by atoms with Gasteiger partial charge in [-0.3, -0.25) is 14.2 Å². The van der Waals surface area contributed by atoms with Gasteiger partial charge in [0.1, 0.15) is 17.7 Å². The zero-order chi connectivity index (χ0) is 37.5. The number of amides is 2. The number of halogens is 3. The molecule has 2 aromatic carbocycles. The summed E-state index contributed by atoms with van der Waals surface area (Å²) >= 11 is 21.0. The van der Waals surface area contributed by atoms with E-state index in [0.717, 1.165) is 0 Å². The lowest BCUT2D eigenvalue weighted by molar-refractivity contribution is -0.119. The summed E-state index contributed by atoms with van der Waals surface area (Å²) in [5.41, 5.74) is 3.30. The molecule has 52 heavy (non-hydrogen) atoms. The fraction of sp³-hybridized carbons (Fsp3) is 0.324. The number of nitrogens with zero attached hydrogens (tertiary/aromatic N) is 5. The molecule has 5 aromatic rings. The Kier molecular flexibility index (Phi) is 10.6. The van der Waals surface area contributed by atoms with Gasteiger partial charge < -0.3 is 24.8 Å². The summed E-state index contributed by atoms with van der Waals surface area (Å²) in [6.07, 6.45) is 2.10. The number of ether oxygens (including phenoxy) is 2. The number of carbonyl (C=O) groups is 2. The second kappa shape index (κ2) is 14.8. The molecule has 0 aliphatic carbocycles. The van der Waals surface area contributed by atoms with Crippen LogP contribution in [0.5, 0.6) is 5.88 Å². The van der Waals surface area contributed by atoms with Gasteiger partial charge in [0, 0.05) is 60.1 Å². The highest BCUT2D eigenvalue weighted by Gasteiger charge is 2.30. The van der Waals surface area contributed by atoms with Crippen molar-refractivity contribution in [3.8, 4) is 39.4 Å². The first-order valence-electron chi connectivity index (χ1n) is 16.5. The number of benzene rings is 2. The van der Waals surface area contributed by atoms with Crippen LogP contribution in [0, 0.1) is 0 Å². The molecule has 1 aliphatic heterocycles. The molecule has 1 fully saturated rings. The largest absolute Gasteiger partial charge is 0.481 e. The van der Waals surface area contributed by atoms with Crippen LogP contribution in [0.3, 0.4) is 0 Å². The van der Waals surface area contributed by atoms with Crippen LogP contribution in [0.25, 0.3) is 39.0 Å². The fourth-order valence-electron chi connectivity index (χ4n) is 6.13. The van der Waals surface area contributed by atoms with Crippen LogP contribution in [-0.4, -0.2) is 66.5 Å². The Morgan fingerprint density at radius 3 is 2.31 bits per heavy atom. The van der Waals surface area contributed by atoms with E-state index < -0.39 is 11.7 Å². The molecular formula is C37H37Cl3N6O6. The van der Waals surface area contributed by atoms with E-state index in [0.29, 0.717) is 67.5 Å². The van der Waals surface area contributed by atoms with E-state index in [-0.39, 0.29) is 53.9 Å². The Morgan fingerprint density at radius 1 is 1.04 bits per heavy atom. The number of aromatic nitrogens is 4. The van der Waals surface area contributed by atoms with Crippen molar-refractivity contribution in [3.63, 3.8) is 0 Å². The van der Waals surface area contributed by atoms with Gasteiger partial charge in [-0.05, 0) is 39.3 Å². The van der Waals surface area contributed by atoms with E-state index in [4.69, 9.17) is 49.3 Å². The molecule has 0 saturated carbocycles. The Labute approximate surface area is 314 Å². The zero-order valence-electron chi connectivity index (χ0n) is 29.2. The fourth-order valence-corrected chi connectivity index (χ4v) is 7.04. The van der Waals surface area contributed by atoms with Crippen molar-refractivity contribution in [2.45, 2.75) is 58.4 Å². The van der Waals surface area contributed by atoms with Gasteiger partial charge in [-0.15, -0.1) is 0 Å². The molecule has 6 rings (SSSR count). The summed E-state index contributed by atoms with van der Waals surface area (Å²) in [5, 5.41) is 18.0. The third kappa shape index (κ3) is 7.47. The van der Waals surface area contributed by atoms with Gasteiger partial charge in [0.2, 0.25) is 11.8 Å². The Morgan fingerprint density at radius 2 is 1.69 bits per heavy atom. The summed E-state index contributed by atoms with van der Waals surface area (Å²) < 4.78 is 14.1. The van der Waals surface area contributed by atoms with Gasteiger partial charge in [0.25, 0.3) is 5.56 Å². The molecule has 2 N–H and O–H groups in total. The molecular weight excluding hydrogens is 731 g/mol. The minimum Gasteiger partial charge on any atom is -0.481 e. The number of methoxy groups -OCH3 is 1. The molecule has 1 aliphatic rings. The van der Waals surface area contributed by atoms with Crippen LogP contribution in [0.2, 0.25) is 15.1 Å². The van der Waals surface area contributed by atoms with E-state index in [1.54, 1.807) is 52.2 Å². The molecule has 0 unspecified atom stereocenters. The second-order valence-corrected chi connectivity index (χ2v) is 14.6. The summed E-state index contributed by atoms with van der Waals surface area (Å²) in [4.78, 5) is 44.4. The van der Waals surface area contributed by atoms with Gasteiger partial charge in [-0.2, -0.15) is 5.10 Å². The van der Waals surface area contributed by atoms with Crippen molar-refractivity contribution in [1.82, 2.24) is 29.4 Å². The summed E-state index contributed by atoms with van der Waals surface area (Å²) in [6, 6.07) is 14.1. The molecule has 0 radical (unpaired) electrons. The molecule has 12 nitrogen and oxygen atoms in total. The molecule has 3 aromatic heterocycles. The number of hydrogen-bond acceptors (Lipinski definition) is 8. The lowest BCUT2D eigenvalue weighted by atomic mass is 9.97. The highest BCUT2D eigenvalue weighted by molar-refractivity contribution is 6.39. The number of nitrogens with one attached hydrogen (secondary N) is 1. The van der Waals surface area contributed by atoms with Crippen LogP contribution >= 0.6 is 34.8 Å². The number of carbonyl (C=O) groups excluding carboxylic acids is 2. The normalized spacial score (nSPS) is 14.5. The van der Waals surface area contributed by atoms with Crippen LogP contribution in [-0.2, 0) is 29.7 Å². The average Bonchev–Trinajstić information content (AvgIpc) is 3.72. The number of rotatable bonds is 9. The Hall–Kier alpha value is -4.62. The SMILES string of the molecule is COc1nc(-c2cccc(-c3cccc(-c4cc5c(=O)n(C)c(CO)nn5c4)c3Cl)c2Cl)cc(Cl)c1CN(C[C@@H]1CCC(=O)N1)C(=O)OC(C)(C)C.